The zero-order valence-electron chi connectivity index (χ0n) is 64.5. The van der Waals surface area contributed by atoms with Crippen molar-refractivity contribution in [3.63, 3.8) is 0 Å². The normalized spacial score (nSPS) is 18.5. The number of hydrogen-bond donors (Lipinski definition) is 4. The lowest BCUT2D eigenvalue weighted by atomic mass is 9.73. The number of fused-ring (bicyclic) bond motifs is 3. The predicted octanol–water partition coefficient (Wildman–Crippen LogP) is 23.5. The number of ether oxygens (including phenoxy) is 1. The minimum absolute atomic E-state index is 0. The third-order valence-electron chi connectivity index (χ3n) is 19.6. The van der Waals surface area contributed by atoms with E-state index in [1.807, 2.05) is 50.2 Å². The molecule has 4 heterocycles. The third-order valence-corrected chi connectivity index (χ3v) is 22.7. The van der Waals surface area contributed by atoms with Crippen molar-refractivity contribution in [2.45, 2.75) is 181 Å². The molecular weight excluding hydrogens is 1600 g/mol. The number of ketones is 3. The van der Waals surface area contributed by atoms with E-state index < -0.39 is 25.7 Å². The lowest BCUT2D eigenvalue weighted by Crippen LogP contribution is -2.38. The number of nitrogens with two attached hydrogens (primary N) is 1. The van der Waals surface area contributed by atoms with Crippen LogP contribution in [0.4, 0.5) is 34.1 Å². The molecule has 7 aliphatic rings. The number of amides is 3. The number of carbonyl (C=O) groups excluding carboxylic acids is 7. The molecule has 6 aromatic carbocycles. The van der Waals surface area contributed by atoms with Crippen LogP contribution in [-0.2, 0) is 53.5 Å². The van der Waals surface area contributed by atoms with Gasteiger partial charge < -0.3 is 26.4 Å². The molecule has 0 spiro atoms. The van der Waals surface area contributed by atoms with Gasteiger partial charge in [0.05, 0.1) is 72.0 Å². The van der Waals surface area contributed by atoms with Gasteiger partial charge in [0.2, 0.25) is 17.7 Å². The number of rotatable bonds is 12. The number of carbonyl (C=O) groups is 7. The van der Waals surface area contributed by atoms with Gasteiger partial charge in [-0.15, -0.1) is 0 Å². The van der Waals surface area contributed by atoms with Crippen molar-refractivity contribution in [2.24, 2.45) is 22.0 Å². The second-order valence-electron chi connectivity index (χ2n) is 30.4. The van der Waals surface area contributed by atoms with Crippen LogP contribution in [0.5, 0.6) is 0 Å². The number of allylic oxidation sites excluding steroid dienone is 3. The largest absolute Gasteiger partial charge is 0.431 e. The number of nitriles is 1. The van der Waals surface area contributed by atoms with Gasteiger partial charge in [0.1, 0.15) is 6.29 Å². The van der Waals surface area contributed by atoms with Crippen molar-refractivity contribution >= 4 is 159 Å². The Hall–Kier alpha value is -8.44. The van der Waals surface area contributed by atoms with Crippen LogP contribution in [0.1, 0.15) is 213 Å². The summed E-state index contributed by atoms with van der Waals surface area (Å²) >= 11 is 38.3. The highest BCUT2D eigenvalue weighted by atomic mass is 35.5. The van der Waals surface area contributed by atoms with Gasteiger partial charge >= 0.3 is 7.60 Å². The first-order chi connectivity index (χ1) is 53.0. The summed E-state index contributed by atoms with van der Waals surface area (Å²) in [6, 6.07) is 30.0. The van der Waals surface area contributed by atoms with Crippen LogP contribution in [0.15, 0.2) is 149 Å². The van der Waals surface area contributed by atoms with Crippen LogP contribution in [0.2, 0.25) is 30.1 Å². The zero-order valence-corrected chi connectivity index (χ0v) is 69.9. The molecule has 20 nitrogen and oxygen atoms in total. The minimum Gasteiger partial charge on any atom is -0.381 e. The number of nitrogens with zero attached hydrogens (tertiary/aromatic N) is 5. The van der Waals surface area contributed by atoms with Crippen molar-refractivity contribution in [1.82, 2.24) is 0 Å². The molecule has 3 atom stereocenters. The monoisotopic (exact) mass is 1700 g/mol. The van der Waals surface area contributed by atoms with E-state index in [0.29, 0.717) is 137 Å². The molecule has 1 fully saturated rings. The molecule has 4 aliphatic heterocycles. The quantitative estimate of drug-likeness (QED) is 0.0504. The average molecular weight is 1710 g/mol. The molecule has 3 unspecified atom stereocenters. The van der Waals surface area contributed by atoms with Crippen molar-refractivity contribution in [3.05, 3.63) is 224 Å². The molecule has 6 aromatic rings. The molecular formula is C88H104Cl6N9O11P. The maximum absolute atomic E-state index is 13.6. The third kappa shape index (κ3) is 23.1. The number of anilines is 6. The first-order valence-electron chi connectivity index (χ1n) is 36.8. The van der Waals surface area contributed by atoms with E-state index in [9.17, 15) is 38.1 Å². The Morgan fingerprint density at radius 3 is 1.22 bits per heavy atom. The van der Waals surface area contributed by atoms with Gasteiger partial charge in [0.25, 0.3) is 0 Å². The molecule has 0 bridgehead atoms. The van der Waals surface area contributed by atoms with Crippen LogP contribution >= 0.6 is 77.2 Å². The van der Waals surface area contributed by atoms with Crippen molar-refractivity contribution < 1.29 is 51.9 Å². The van der Waals surface area contributed by atoms with E-state index in [4.69, 9.17) is 91.9 Å². The van der Waals surface area contributed by atoms with Crippen molar-refractivity contribution in [3.8, 4) is 5.81 Å². The summed E-state index contributed by atoms with van der Waals surface area (Å²) in [5, 5.41) is 21.3. The summed E-state index contributed by atoms with van der Waals surface area (Å²) in [4.78, 5) is 99.3. The van der Waals surface area contributed by atoms with E-state index in [-0.39, 0.29) is 86.8 Å². The van der Waals surface area contributed by atoms with Gasteiger partial charge in [-0.25, -0.2) is 9.41 Å². The number of benzene rings is 6. The number of hydrogen-bond acceptors (Lipinski definition) is 16. The maximum Gasteiger partial charge on any atom is 0.431 e. The summed E-state index contributed by atoms with van der Waals surface area (Å²) in [6.07, 6.45) is 11.2. The Bertz CT molecular complexity index is 4940. The fourth-order valence-corrected chi connectivity index (χ4v) is 17.4. The molecule has 3 amide bonds. The van der Waals surface area contributed by atoms with Gasteiger partial charge in [0.15, 0.2) is 29.4 Å². The number of aryl methyl sites for hydroxylation is 1. The molecule has 1 saturated heterocycles. The lowest BCUT2D eigenvalue weighted by Gasteiger charge is -2.37. The second-order valence-corrected chi connectivity index (χ2v) is 34.6. The minimum atomic E-state index is -3.39. The molecule has 3 aliphatic carbocycles. The Morgan fingerprint density at radius 2 is 0.913 bits per heavy atom. The molecule has 13 rings (SSSR count). The SMILES string of the molecule is C.C.C.C1CCOC1.CC(=O)N1c2ccc(C=O)cc2NC2=C(C(=O)CC(C)(C)C2)C1c1ccc(Cl)cc1Cl.CC(=O)N1c2ccc(CCCN)cc2NC2=C(C(=O)CC(C)(C)C2)C1c1ccc(Cl)cc1Cl.CCOP(=O)(C#N)OCC.[C-]#[N+]/C=C/c1ccc2c(c1)NC1=C(C(=O)CC(C)(C)C1)C(c1ccc(Cl)cc1Cl)N2C(C)=O. The Balaban J connectivity index is 0.000000242. The van der Waals surface area contributed by atoms with Crippen molar-refractivity contribution in [1.29, 1.82) is 5.26 Å². The lowest BCUT2D eigenvalue weighted by molar-refractivity contribution is -0.120. The van der Waals surface area contributed by atoms with Gasteiger partial charge in [-0.1, -0.05) is 170 Å². The average Bonchev–Trinajstić information content (AvgIpc) is 1.65. The highest BCUT2D eigenvalue weighted by Crippen LogP contribution is 2.54. The summed E-state index contributed by atoms with van der Waals surface area (Å²) in [6.45, 7) is 30.2. The molecule has 0 aromatic heterocycles. The van der Waals surface area contributed by atoms with Gasteiger partial charge in [0, 0.05) is 123 Å². The van der Waals surface area contributed by atoms with Crippen LogP contribution in [0.25, 0.3) is 10.9 Å². The Morgan fingerprint density at radius 1 is 0.565 bits per heavy atom. The number of nitrogens with one attached hydrogen (secondary N) is 3. The van der Waals surface area contributed by atoms with E-state index in [0.717, 1.165) is 71.9 Å². The van der Waals surface area contributed by atoms with E-state index in [1.165, 1.54) is 45.6 Å². The van der Waals surface area contributed by atoms with Crippen molar-refractivity contribution in [2.75, 3.05) is 63.6 Å². The first-order valence-corrected chi connectivity index (χ1v) is 40.6. The van der Waals surface area contributed by atoms with E-state index in [1.54, 1.807) is 101 Å². The maximum atomic E-state index is 13.6. The number of halogens is 6. The molecule has 0 saturated carbocycles. The van der Waals surface area contributed by atoms with Crippen LogP contribution < -0.4 is 36.4 Å². The topological polar surface area (TPSA) is 264 Å². The number of Topliss-reactive ketones (excluding diaryl/α,β-unsaturated/α-hetero) is 3. The fraction of sp³-hybridized carbons (Fsp3) is 0.398. The molecule has 0 radical (unpaired) electrons. The van der Waals surface area contributed by atoms with Crippen LogP contribution in [0.3, 0.4) is 0 Å². The van der Waals surface area contributed by atoms with Gasteiger partial charge in [-0.2, -0.15) is 5.26 Å². The van der Waals surface area contributed by atoms with Crippen LogP contribution in [-0.4, -0.2) is 74.3 Å². The highest BCUT2D eigenvalue weighted by Gasteiger charge is 2.47. The summed E-state index contributed by atoms with van der Waals surface area (Å²) < 4.78 is 25.1. The summed E-state index contributed by atoms with van der Waals surface area (Å²) in [7, 11) is -3.39. The Kier molecular flexibility index (Phi) is 34.1. The van der Waals surface area contributed by atoms with E-state index >= 15 is 0 Å². The molecule has 614 valence electrons. The molecule has 115 heavy (non-hydrogen) atoms. The highest BCUT2D eigenvalue weighted by molar-refractivity contribution is 7.59. The fourth-order valence-electron chi connectivity index (χ4n) is 15.0. The van der Waals surface area contributed by atoms with Crippen LogP contribution in [0, 0.1) is 33.9 Å². The molecule has 5 N–H and O–H groups in total. The number of aldehydes is 1. The summed E-state index contributed by atoms with van der Waals surface area (Å²) in [5.41, 5.74) is 17.4. The van der Waals surface area contributed by atoms with E-state index in [2.05, 4.69) is 63.6 Å². The second kappa shape index (κ2) is 41.1. The molecule has 27 heteroatoms. The predicted molar refractivity (Wildman–Crippen MR) is 468 cm³/mol. The Labute approximate surface area is 707 Å². The zero-order chi connectivity index (χ0) is 81.9. The summed E-state index contributed by atoms with van der Waals surface area (Å²) in [5.74, 6) is 0.823. The standard InChI is InChI=1S/C26H23Cl2N3O2.C26H29Cl2N3O2.C24H22Cl2N2O3.C5H10NO3P.C4H8O.3CH4/c1-15(32)31-22-8-5-16(9-10-29-4)11-20(22)30-21-13-26(2,3)14-23(33)24(21)25(31)18-7-6-17(27)12-19(18)28;1-15(32)31-22-9-6-16(5-4-10-29)11-20(22)30-21-13-26(2,3)14-23(33)24(21)25(31)18-8-7-17(27)12-19(18)28;1-13(30)28-20-7-4-14(12-29)8-18(20)27-19-10-24(2,3)11-21(31)22(19)23(28)16-6-5-15(25)9-17(16)26;1-3-8-10(7,5-6)9-4-2;1-2-4-5-3-1;;;/h5-12,25,30H,13-14H2,1-3H3;6-9,11-12,25,30H,4-5,10,13-14,29H2,1-3H3;4-9,12,23,27H,10-11H2,1-3H3;3-4H2,1-2H3;1-4H2;3*1H4/b10-9+;;;;;;;. The first kappa shape index (κ1) is 95.4. The van der Waals surface area contributed by atoms with Gasteiger partial charge in [-0.05, 0) is 188 Å². The smallest absolute Gasteiger partial charge is 0.381 e. The van der Waals surface area contributed by atoms with Gasteiger partial charge in [-0.3, -0.25) is 57.3 Å².